The van der Waals surface area contributed by atoms with Gasteiger partial charge < -0.3 is 9.88 Å². The Morgan fingerprint density at radius 3 is 3.00 bits per heavy atom. The molecule has 1 aliphatic rings. The first kappa shape index (κ1) is 17.2. The highest BCUT2D eigenvalue weighted by molar-refractivity contribution is 7.12. The Bertz CT molecular complexity index is 886. The number of likely N-dealkylation sites (tertiary alicyclic amines) is 1. The number of imidazole rings is 1. The van der Waals surface area contributed by atoms with Crippen molar-refractivity contribution in [2.24, 2.45) is 13.0 Å². The van der Waals surface area contributed by atoms with E-state index in [9.17, 15) is 4.79 Å². The maximum atomic E-state index is 12.1. The number of piperidine rings is 1. The SMILES string of the molecule is Cn1c(CN2CCC[C@H](CNC(=O)c3cccs3)C2)nc2ccccc21. The number of nitrogens with zero attached hydrogens (tertiary/aromatic N) is 3. The van der Waals surface area contributed by atoms with Crippen LogP contribution in [0.2, 0.25) is 0 Å². The number of para-hydroxylation sites is 2. The summed E-state index contributed by atoms with van der Waals surface area (Å²) in [5.74, 6) is 1.66. The zero-order chi connectivity index (χ0) is 17.9. The molecule has 26 heavy (non-hydrogen) atoms. The molecular weight excluding hydrogens is 344 g/mol. The Morgan fingerprint density at radius 2 is 2.19 bits per heavy atom. The first-order valence-corrected chi connectivity index (χ1v) is 10.0. The number of thiophene rings is 1. The number of hydrogen-bond donors (Lipinski definition) is 1. The monoisotopic (exact) mass is 368 g/mol. The summed E-state index contributed by atoms with van der Waals surface area (Å²) < 4.78 is 2.19. The van der Waals surface area contributed by atoms with Crippen molar-refractivity contribution in [3.63, 3.8) is 0 Å². The summed E-state index contributed by atoms with van der Waals surface area (Å²) >= 11 is 1.49. The lowest BCUT2D eigenvalue weighted by Crippen LogP contribution is -2.40. The molecule has 0 radical (unpaired) electrons. The maximum absolute atomic E-state index is 12.1. The van der Waals surface area contributed by atoms with Gasteiger partial charge in [-0.05, 0) is 48.9 Å². The normalized spacial score (nSPS) is 18.3. The van der Waals surface area contributed by atoms with Gasteiger partial charge in [0.05, 0.1) is 22.5 Å². The second-order valence-corrected chi connectivity index (χ2v) is 7.95. The highest BCUT2D eigenvalue weighted by atomic mass is 32.1. The van der Waals surface area contributed by atoms with Gasteiger partial charge in [-0.15, -0.1) is 11.3 Å². The summed E-state index contributed by atoms with van der Waals surface area (Å²) in [4.78, 5) is 20.2. The van der Waals surface area contributed by atoms with E-state index in [1.807, 2.05) is 23.6 Å². The first-order valence-electron chi connectivity index (χ1n) is 9.15. The van der Waals surface area contributed by atoms with Gasteiger partial charge in [-0.3, -0.25) is 9.69 Å². The Labute approximate surface area is 157 Å². The summed E-state index contributed by atoms with van der Waals surface area (Å²) in [5.41, 5.74) is 2.24. The summed E-state index contributed by atoms with van der Waals surface area (Å²) in [6, 6.07) is 12.1. The number of amides is 1. The van der Waals surface area contributed by atoms with E-state index in [1.165, 1.54) is 29.7 Å². The Balaban J connectivity index is 1.36. The summed E-state index contributed by atoms with van der Waals surface area (Å²) in [6.45, 7) is 3.71. The molecule has 6 heteroatoms. The van der Waals surface area contributed by atoms with E-state index in [2.05, 4.69) is 40.0 Å². The number of benzene rings is 1. The second kappa shape index (κ2) is 7.60. The van der Waals surface area contributed by atoms with Gasteiger partial charge in [0.2, 0.25) is 0 Å². The number of rotatable bonds is 5. The summed E-state index contributed by atoms with van der Waals surface area (Å²) in [5, 5.41) is 5.03. The van der Waals surface area contributed by atoms with Crippen molar-refractivity contribution in [3.05, 3.63) is 52.5 Å². The minimum Gasteiger partial charge on any atom is -0.351 e. The predicted molar refractivity (Wildman–Crippen MR) is 105 cm³/mol. The van der Waals surface area contributed by atoms with Gasteiger partial charge in [0.25, 0.3) is 5.91 Å². The van der Waals surface area contributed by atoms with Gasteiger partial charge in [0.15, 0.2) is 0 Å². The molecule has 1 fully saturated rings. The van der Waals surface area contributed by atoms with Crippen LogP contribution in [0.5, 0.6) is 0 Å². The van der Waals surface area contributed by atoms with Gasteiger partial charge in [0.1, 0.15) is 5.82 Å². The highest BCUT2D eigenvalue weighted by Gasteiger charge is 2.22. The van der Waals surface area contributed by atoms with E-state index < -0.39 is 0 Å². The standard InChI is InChI=1S/C20H24N4OS/c1-23-17-8-3-2-7-16(17)22-19(23)14-24-10-4-6-15(13-24)12-21-20(25)18-9-5-11-26-18/h2-3,5,7-9,11,15H,4,6,10,12-14H2,1H3,(H,21,25)/t15-/m1/s1. The average Bonchev–Trinajstić information content (AvgIpc) is 3.30. The van der Waals surface area contributed by atoms with Crippen LogP contribution in [0.3, 0.4) is 0 Å². The predicted octanol–water partition coefficient (Wildman–Crippen LogP) is 3.28. The lowest BCUT2D eigenvalue weighted by molar-refractivity contribution is 0.0933. The molecule has 0 bridgehead atoms. The van der Waals surface area contributed by atoms with Crippen LogP contribution in [0.4, 0.5) is 0 Å². The van der Waals surface area contributed by atoms with Crippen LogP contribution in [0, 0.1) is 5.92 Å². The molecule has 0 saturated carbocycles. The van der Waals surface area contributed by atoms with E-state index in [4.69, 9.17) is 4.98 Å². The van der Waals surface area contributed by atoms with Crippen molar-refractivity contribution < 1.29 is 4.79 Å². The molecule has 0 unspecified atom stereocenters. The third kappa shape index (κ3) is 3.66. The lowest BCUT2D eigenvalue weighted by atomic mass is 9.98. The summed E-state index contributed by atoms with van der Waals surface area (Å²) in [6.07, 6.45) is 2.34. The lowest BCUT2D eigenvalue weighted by Gasteiger charge is -2.32. The number of nitrogens with one attached hydrogen (secondary N) is 1. The number of aromatic nitrogens is 2. The fraction of sp³-hybridized carbons (Fsp3) is 0.400. The largest absolute Gasteiger partial charge is 0.351 e. The van der Waals surface area contributed by atoms with Crippen LogP contribution in [0.25, 0.3) is 11.0 Å². The van der Waals surface area contributed by atoms with Crippen LogP contribution < -0.4 is 5.32 Å². The Hall–Kier alpha value is -2.18. The van der Waals surface area contributed by atoms with Gasteiger partial charge in [-0.25, -0.2) is 4.98 Å². The fourth-order valence-electron chi connectivity index (χ4n) is 3.73. The zero-order valence-electron chi connectivity index (χ0n) is 15.0. The number of aryl methyl sites for hydroxylation is 1. The molecule has 1 N–H and O–H groups in total. The summed E-state index contributed by atoms with van der Waals surface area (Å²) in [7, 11) is 2.09. The van der Waals surface area contributed by atoms with Crippen molar-refractivity contribution in [1.82, 2.24) is 19.8 Å². The van der Waals surface area contributed by atoms with Crippen LogP contribution in [0.1, 0.15) is 28.3 Å². The van der Waals surface area contributed by atoms with Gasteiger partial charge >= 0.3 is 0 Å². The molecule has 0 aliphatic carbocycles. The number of carbonyl (C=O) groups excluding carboxylic acids is 1. The van der Waals surface area contributed by atoms with Gasteiger partial charge in [-0.1, -0.05) is 18.2 Å². The molecule has 1 saturated heterocycles. The third-order valence-electron chi connectivity index (χ3n) is 5.14. The van der Waals surface area contributed by atoms with E-state index in [0.29, 0.717) is 5.92 Å². The third-order valence-corrected chi connectivity index (χ3v) is 6.01. The van der Waals surface area contributed by atoms with E-state index in [0.717, 1.165) is 42.4 Å². The molecule has 1 aromatic carbocycles. The molecule has 2 aromatic heterocycles. The van der Waals surface area contributed by atoms with Crippen LogP contribution in [-0.2, 0) is 13.6 Å². The molecule has 4 rings (SSSR count). The number of hydrogen-bond acceptors (Lipinski definition) is 4. The minimum atomic E-state index is 0.0486. The average molecular weight is 369 g/mol. The van der Waals surface area contributed by atoms with Crippen molar-refractivity contribution in [2.45, 2.75) is 19.4 Å². The molecule has 3 aromatic rings. The molecule has 5 nitrogen and oxygen atoms in total. The van der Waals surface area contributed by atoms with Gasteiger partial charge in [0, 0.05) is 20.1 Å². The fourth-order valence-corrected chi connectivity index (χ4v) is 4.37. The second-order valence-electron chi connectivity index (χ2n) is 7.01. The molecule has 1 amide bonds. The smallest absolute Gasteiger partial charge is 0.261 e. The Morgan fingerprint density at radius 1 is 1.31 bits per heavy atom. The van der Waals surface area contributed by atoms with Crippen LogP contribution in [-0.4, -0.2) is 40.0 Å². The van der Waals surface area contributed by atoms with Crippen molar-refractivity contribution in [3.8, 4) is 0 Å². The van der Waals surface area contributed by atoms with Gasteiger partial charge in [-0.2, -0.15) is 0 Å². The number of carbonyl (C=O) groups is 1. The van der Waals surface area contributed by atoms with Crippen molar-refractivity contribution >= 4 is 28.3 Å². The number of fused-ring (bicyclic) bond motifs is 1. The molecule has 1 aliphatic heterocycles. The molecule has 136 valence electrons. The van der Waals surface area contributed by atoms with Crippen molar-refractivity contribution in [1.29, 1.82) is 0 Å². The molecule has 3 heterocycles. The quantitative estimate of drug-likeness (QED) is 0.752. The van der Waals surface area contributed by atoms with E-state index >= 15 is 0 Å². The van der Waals surface area contributed by atoms with E-state index in [-0.39, 0.29) is 5.91 Å². The highest BCUT2D eigenvalue weighted by Crippen LogP contribution is 2.20. The molecular formula is C20H24N4OS. The molecule has 0 spiro atoms. The first-order chi connectivity index (χ1) is 12.7. The van der Waals surface area contributed by atoms with Crippen molar-refractivity contribution in [2.75, 3.05) is 19.6 Å². The minimum absolute atomic E-state index is 0.0486. The van der Waals surface area contributed by atoms with Crippen LogP contribution in [0.15, 0.2) is 41.8 Å². The Kier molecular flexibility index (Phi) is 5.04. The maximum Gasteiger partial charge on any atom is 0.261 e. The zero-order valence-corrected chi connectivity index (χ0v) is 15.8. The van der Waals surface area contributed by atoms with E-state index in [1.54, 1.807) is 0 Å². The topological polar surface area (TPSA) is 50.2 Å². The van der Waals surface area contributed by atoms with Crippen LogP contribution >= 0.6 is 11.3 Å². The molecule has 1 atom stereocenters.